The molecule has 3 rings (SSSR count). The Hall–Kier alpha value is -2.59. The van der Waals surface area contributed by atoms with E-state index in [1.165, 1.54) is 6.92 Å². The van der Waals surface area contributed by atoms with Crippen molar-refractivity contribution in [1.82, 2.24) is 0 Å². The molecule has 4 heteroatoms. The van der Waals surface area contributed by atoms with Crippen LogP contribution in [0.25, 0.3) is 22.1 Å². The quantitative estimate of drug-likeness (QED) is 0.772. The van der Waals surface area contributed by atoms with Gasteiger partial charge in [0.2, 0.25) is 0 Å². The van der Waals surface area contributed by atoms with E-state index in [0.29, 0.717) is 5.58 Å². The number of fused-ring (bicyclic) bond motifs is 1. The molecule has 4 nitrogen and oxygen atoms in total. The number of furan rings is 1. The molecule has 0 fully saturated rings. The van der Waals surface area contributed by atoms with Gasteiger partial charge in [-0.05, 0) is 12.5 Å². The predicted molar refractivity (Wildman–Crippen MR) is 78.9 cm³/mol. The Morgan fingerprint density at radius 1 is 1.10 bits per heavy atom. The van der Waals surface area contributed by atoms with Crippen molar-refractivity contribution in [2.75, 3.05) is 0 Å². The first-order valence-electron chi connectivity index (χ1n) is 6.53. The fourth-order valence-electron chi connectivity index (χ4n) is 2.40. The molecule has 1 heterocycles. The van der Waals surface area contributed by atoms with Gasteiger partial charge < -0.3 is 14.6 Å². The van der Waals surface area contributed by atoms with Crippen LogP contribution in [-0.2, 0) is 10.4 Å². The van der Waals surface area contributed by atoms with Gasteiger partial charge in [0.1, 0.15) is 5.58 Å². The zero-order chi connectivity index (χ0) is 15.0. The molecule has 3 aromatic rings. The van der Waals surface area contributed by atoms with E-state index in [1.54, 1.807) is 18.4 Å². The van der Waals surface area contributed by atoms with Gasteiger partial charge in [-0.15, -0.1) is 0 Å². The fourth-order valence-corrected chi connectivity index (χ4v) is 2.40. The standard InChI is InChI=1S/C17H14O4/c1-17(20,16(18)19)14-9-5-8-12-13(10-21-15(12)14)11-6-3-2-4-7-11/h2-10,20H,1H3,(H,18,19). The third-order valence-electron chi connectivity index (χ3n) is 3.63. The van der Waals surface area contributed by atoms with Crippen LogP contribution >= 0.6 is 0 Å². The summed E-state index contributed by atoms with van der Waals surface area (Å²) in [5.41, 5.74) is 0.487. The maximum atomic E-state index is 11.3. The highest BCUT2D eigenvalue weighted by Crippen LogP contribution is 2.36. The van der Waals surface area contributed by atoms with Crippen LogP contribution in [0.2, 0.25) is 0 Å². The lowest BCUT2D eigenvalue weighted by Gasteiger charge is -2.18. The van der Waals surface area contributed by atoms with E-state index in [2.05, 4.69) is 0 Å². The molecule has 106 valence electrons. The molecule has 0 saturated carbocycles. The van der Waals surface area contributed by atoms with Gasteiger partial charge in [-0.25, -0.2) is 4.79 Å². The van der Waals surface area contributed by atoms with Crippen molar-refractivity contribution in [3.8, 4) is 11.1 Å². The molecule has 21 heavy (non-hydrogen) atoms. The molecule has 0 bridgehead atoms. The van der Waals surface area contributed by atoms with E-state index in [4.69, 9.17) is 4.42 Å². The van der Waals surface area contributed by atoms with Gasteiger partial charge in [0, 0.05) is 16.5 Å². The van der Waals surface area contributed by atoms with Gasteiger partial charge in [-0.1, -0.05) is 48.5 Å². The highest BCUT2D eigenvalue weighted by molar-refractivity contribution is 5.97. The summed E-state index contributed by atoms with van der Waals surface area (Å²) in [6.07, 6.45) is 1.58. The summed E-state index contributed by atoms with van der Waals surface area (Å²) in [7, 11) is 0. The van der Waals surface area contributed by atoms with Crippen molar-refractivity contribution in [2.45, 2.75) is 12.5 Å². The number of carboxylic acids is 1. The minimum atomic E-state index is -1.99. The van der Waals surface area contributed by atoms with Crippen LogP contribution in [0.15, 0.2) is 59.2 Å². The third-order valence-corrected chi connectivity index (χ3v) is 3.63. The van der Waals surface area contributed by atoms with E-state index in [1.807, 2.05) is 36.4 Å². The largest absolute Gasteiger partial charge is 0.479 e. The van der Waals surface area contributed by atoms with Crippen LogP contribution in [0, 0.1) is 0 Å². The van der Waals surface area contributed by atoms with E-state index >= 15 is 0 Å². The number of hydrogen-bond donors (Lipinski definition) is 2. The van der Waals surface area contributed by atoms with Crippen molar-refractivity contribution in [3.05, 3.63) is 60.4 Å². The van der Waals surface area contributed by atoms with Crippen LogP contribution in [0.4, 0.5) is 0 Å². The summed E-state index contributed by atoms with van der Waals surface area (Å²) in [6, 6.07) is 14.8. The van der Waals surface area contributed by atoms with Gasteiger partial charge in [-0.2, -0.15) is 0 Å². The van der Waals surface area contributed by atoms with E-state index < -0.39 is 11.6 Å². The SMILES string of the molecule is CC(O)(C(=O)O)c1cccc2c(-c3ccccc3)coc12. The van der Waals surface area contributed by atoms with Crippen LogP contribution in [0.5, 0.6) is 0 Å². The van der Waals surface area contributed by atoms with Gasteiger partial charge >= 0.3 is 5.97 Å². The minimum absolute atomic E-state index is 0.245. The van der Waals surface area contributed by atoms with Gasteiger partial charge in [0.05, 0.1) is 6.26 Å². The molecule has 1 aromatic heterocycles. The fraction of sp³-hybridized carbons (Fsp3) is 0.118. The Labute approximate surface area is 121 Å². The first-order chi connectivity index (χ1) is 10.0. The second-order valence-electron chi connectivity index (χ2n) is 5.08. The van der Waals surface area contributed by atoms with Gasteiger partial charge in [0.25, 0.3) is 0 Å². The Kier molecular flexibility index (Phi) is 3.03. The lowest BCUT2D eigenvalue weighted by Crippen LogP contribution is -2.31. The molecule has 1 atom stereocenters. The second kappa shape index (κ2) is 4.75. The summed E-state index contributed by atoms with van der Waals surface area (Å²) in [6.45, 7) is 1.24. The maximum absolute atomic E-state index is 11.3. The topological polar surface area (TPSA) is 70.7 Å². The molecule has 2 N–H and O–H groups in total. The zero-order valence-corrected chi connectivity index (χ0v) is 11.4. The maximum Gasteiger partial charge on any atom is 0.340 e. The van der Waals surface area contributed by atoms with Crippen LogP contribution in [0.1, 0.15) is 12.5 Å². The molecule has 0 radical (unpaired) electrons. The van der Waals surface area contributed by atoms with Crippen molar-refractivity contribution in [3.63, 3.8) is 0 Å². The summed E-state index contributed by atoms with van der Waals surface area (Å²) in [4.78, 5) is 11.3. The number of para-hydroxylation sites is 1. The predicted octanol–water partition coefficient (Wildman–Crippen LogP) is 3.39. The lowest BCUT2D eigenvalue weighted by atomic mass is 9.93. The van der Waals surface area contributed by atoms with Crippen LogP contribution < -0.4 is 0 Å². The Bertz CT molecular complexity index is 800. The smallest absolute Gasteiger partial charge is 0.340 e. The summed E-state index contributed by atoms with van der Waals surface area (Å²) in [5, 5.41) is 20.1. The summed E-state index contributed by atoms with van der Waals surface area (Å²) in [5.74, 6) is -1.31. The summed E-state index contributed by atoms with van der Waals surface area (Å²) < 4.78 is 5.55. The molecule has 1 unspecified atom stereocenters. The molecular weight excluding hydrogens is 268 g/mol. The second-order valence-corrected chi connectivity index (χ2v) is 5.08. The zero-order valence-electron chi connectivity index (χ0n) is 11.4. The summed E-state index contributed by atoms with van der Waals surface area (Å²) >= 11 is 0. The van der Waals surface area contributed by atoms with Crippen molar-refractivity contribution in [1.29, 1.82) is 0 Å². The number of aliphatic carboxylic acids is 1. The van der Waals surface area contributed by atoms with E-state index in [0.717, 1.165) is 16.5 Å². The number of benzene rings is 2. The normalized spacial score (nSPS) is 14.0. The van der Waals surface area contributed by atoms with E-state index in [9.17, 15) is 15.0 Å². The molecule has 0 aliphatic heterocycles. The highest BCUT2D eigenvalue weighted by Gasteiger charge is 2.35. The number of carboxylic acid groups (broad SMARTS) is 1. The molecule has 0 aliphatic carbocycles. The molecule has 0 aliphatic rings. The molecule has 2 aromatic carbocycles. The molecule has 0 spiro atoms. The monoisotopic (exact) mass is 282 g/mol. The average Bonchev–Trinajstić information content (AvgIpc) is 2.91. The number of aliphatic hydroxyl groups is 1. The average molecular weight is 282 g/mol. The van der Waals surface area contributed by atoms with Crippen molar-refractivity contribution < 1.29 is 19.4 Å². The lowest BCUT2D eigenvalue weighted by molar-refractivity contribution is -0.157. The van der Waals surface area contributed by atoms with Gasteiger partial charge in [-0.3, -0.25) is 0 Å². The Morgan fingerprint density at radius 2 is 1.81 bits per heavy atom. The Balaban J connectivity index is 2.25. The highest BCUT2D eigenvalue weighted by atomic mass is 16.4. The first-order valence-corrected chi connectivity index (χ1v) is 6.53. The van der Waals surface area contributed by atoms with Gasteiger partial charge in [0.15, 0.2) is 5.60 Å². The van der Waals surface area contributed by atoms with E-state index in [-0.39, 0.29) is 5.56 Å². The number of hydrogen-bond acceptors (Lipinski definition) is 3. The van der Waals surface area contributed by atoms with Crippen LogP contribution in [0.3, 0.4) is 0 Å². The number of carbonyl (C=O) groups is 1. The van der Waals surface area contributed by atoms with Crippen molar-refractivity contribution >= 4 is 16.9 Å². The van der Waals surface area contributed by atoms with Crippen LogP contribution in [-0.4, -0.2) is 16.2 Å². The minimum Gasteiger partial charge on any atom is -0.479 e. The molecular formula is C17H14O4. The van der Waals surface area contributed by atoms with Crippen molar-refractivity contribution in [2.24, 2.45) is 0 Å². The number of rotatable bonds is 3. The third kappa shape index (κ3) is 2.10. The Morgan fingerprint density at radius 3 is 2.48 bits per heavy atom. The molecule has 0 saturated heterocycles. The molecule has 0 amide bonds. The first kappa shape index (κ1) is 13.4.